The topological polar surface area (TPSA) is 41.6 Å². The molecule has 1 heterocycles. The van der Waals surface area contributed by atoms with Crippen LogP contribution in [-0.4, -0.2) is 43.6 Å². The fraction of sp³-hybridized carbons (Fsp3) is 0.500. The molecule has 1 amide bonds. The number of benzene rings is 1. The monoisotopic (exact) mass is 248 g/mol. The van der Waals surface area contributed by atoms with Gasteiger partial charge in [-0.1, -0.05) is 30.3 Å². The Morgan fingerprint density at radius 2 is 2.17 bits per heavy atom. The summed E-state index contributed by atoms with van der Waals surface area (Å²) >= 11 is 0. The van der Waals surface area contributed by atoms with E-state index in [9.17, 15) is 4.79 Å². The summed E-state index contributed by atoms with van der Waals surface area (Å²) in [5.74, 6) is 0.140. The van der Waals surface area contributed by atoms with E-state index in [0.29, 0.717) is 19.7 Å². The van der Waals surface area contributed by atoms with Crippen LogP contribution >= 0.6 is 0 Å². The van der Waals surface area contributed by atoms with Crippen molar-refractivity contribution in [2.45, 2.75) is 19.1 Å². The predicted octanol–water partition coefficient (Wildman–Crippen LogP) is 1.19. The van der Waals surface area contributed by atoms with Gasteiger partial charge in [0.1, 0.15) is 6.10 Å². The van der Waals surface area contributed by atoms with E-state index in [2.05, 4.69) is 5.32 Å². The van der Waals surface area contributed by atoms with Crippen LogP contribution in [0.3, 0.4) is 0 Å². The smallest absolute Gasteiger partial charge is 0.239 e. The van der Waals surface area contributed by atoms with Gasteiger partial charge in [-0.2, -0.15) is 0 Å². The second kappa shape index (κ2) is 5.98. The minimum Gasteiger partial charge on any atom is -0.370 e. The Kier molecular flexibility index (Phi) is 4.33. The minimum atomic E-state index is -0.139. The molecular formula is C14H20N2O2. The molecule has 0 aromatic heterocycles. The molecule has 1 aromatic carbocycles. The lowest BCUT2D eigenvalue weighted by Crippen LogP contribution is -2.49. The van der Waals surface area contributed by atoms with Gasteiger partial charge in [-0.25, -0.2) is 0 Å². The van der Waals surface area contributed by atoms with Crippen LogP contribution in [0.25, 0.3) is 0 Å². The number of likely N-dealkylation sites (N-methyl/N-ethyl adjacent to an activating group) is 1. The normalized spacial score (nSPS) is 21.7. The summed E-state index contributed by atoms with van der Waals surface area (Å²) in [6.45, 7) is 3.79. The third kappa shape index (κ3) is 2.89. The summed E-state index contributed by atoms with van der Waals surface area (Å²) in [7, 11) is 1.80. The van der Waals surface area contributed by atoms with E-state index in [-0.39, 0.29) is 18.1 Å². The largest absolute Gasteiger partial charge is 0.370 e. The van der Waals surface area contributed by atoms with Crippen molar-refractivity contribution in [1.82, 2.24) is 10.2 Å². The van der Waals surface area contributed by atoms with Crippen molar-refractivity contribution in [3.63, 3.8) is 0 Å². The number of hydrogen-bond donors (Lipinski definition) is 1. The highest BCUT2D eigenvalue weighted by Gasteiger charge is 2.27. The first kappa shape index (κ1) is 13.1. The van der Waals surface area contributed by atoms with Gasteiger partial charge in [0.2, 0.25) is 5.91 Å². The molecule has 2 atom stereocenters. The summed E-state index contributed by atoms with van der Waals surface area (Å²) < 4.78 is 5.74. The van der Waals surface area contributed by atoms with Crippen LogP contribution < -0.4 is 5.32 Å². The molecule has 1 aromatic rings. The second-order valence-corrected chi connectivity index (χ2v) is 4.56. The second-order valence-electron chi connectivity index (χ2n) is 4.56. The van der Waals surface area contributed by atoms with E-state index in [1.807, 2.05) is 42.2 Å². The molecular weight excluding hydrogens is 228 g/mol. The van der Waals surface area contributed by atoms with Crippen molar-refractivity contribution < 1.29 is 9.53 Å². The Labute approximate surface area is 108 Å². The number of ether oxygens (including phenoxy) is 1. The summed E-state index contributed by atoms with van der Waals surface area (Å²) in [5, 5.41) is 2.98. The highest BCUT2D eigenvalue weighted by atomic mass is 16.5. The van der Waals surface area contributed by atoms with Gasteiger partial charge in [0.25, 0.3) is 0 Å². The number of morpholine rings is 1. The fourth-order valence-electron chi connectivity index (χ4n) is 2.12. The zero-order chi connectivity index (χ0) is 13.0. The Morgan fingerprint density at radius 1 is 1.44 bits per heavy atom. The SMILES string of the molecule is CNC(C)C(=O)N1CCOC(c2ccccc2)C1. The van der Waals surface area contributed by atoms with Gasteiger partial charge < -0.3 is 15.0 Å². The van der Waals surface area contributed by atoms with Gasteiger partial charge in [0.05, 0.1) is 19.2 Å². The van der Waals surface area contributed by atoms with Crippen LogP contribution in [-0.2, 0) is 9.53 Å². The van der Waals surface area contributed by atoms with E-state index in [4.69, 9.17) is 4.74 Å². The van der Waals surface area contributed by atoms with Gasteiger partial charge >= 0.3 is 0 Å². The number of rotatable bonds is 3. The molecule has 0 radical (unpaired) electrons. The van der Waals surface area contributed by atoms with Crippen molar-refractivity contribution in [2.24, 2.45) is 0 Å². The third-order valence-corrected chi connectivity index (χ3v) is 3.35. The first-order valence-electron chi connectivity index (χ1n) is 6.35. The first-order chi connectivity index (χ1) is 8.72. The molecule has 1 fully saturated rings. The molecule has 0 spiro atoms. The maximum Gasteiger partial charge on any atom is 0.239 e. The quantitative estimate of drug-likeness (QED) is 0.873. The van der Waals surface area contributed by atoms with E-state index >= 15 is 0 Å². The molecule has 1 N–H and O–H groups in total. The van der Waals surface area contributed by atoms with Crippen LogP contribution in [0.15, 0.2) is 30.3 Å². The number of nitrogens with zero attached hydrogens (tertiary/aromatic N) is 1. The van der Waals surface area contributed by atoms with Crippen LogP contribution in [0, 0.1) is 0 Å². The number of amides is 1. The zero-order valence-electron chi connectivity index (χ0n) is 10.9. The Bertz CT molecular complexity index is 394. The minimum absolute atomic E-state index is 0.00652. The fourth-order valence-corrected chi connectivity index (χ4v) is 2.12. The summed E-state index contributed by atoms with van der Waals surface area (Å²) in [6, 6.07) is 9.92. The average molecular weight is 248 g/mol. The molecule has 0 bridgehead atoms. The lowest BCUT2D eigenvalue weighted by atomic mass is 10.1. The lowest BCUT2D eigenvalue weighted by molar-refractivity contribution is -0.140. The third-order valence-electron chi connectivity index (χ3n) is 3.35. The highest BCUT2D eigenvalue weighted by molar-refractivity contribution is 5.81. The number of carbonyl (C=O) groups excluding carboxylic acids is 1. The van der Waals surface area contributed by atoms with Crippen molar-refractivity contribution >= 4 is 5.91 Å². The van der Waals surface area contributed by atoms with Crippen LogP contribution in [0.2, 0.25) is 0 Å². The van der Waals surface area contributed by atoms with Gasteiger partial charge in [-0.3, -0.25) is 4.79 Å². The maximum atomic E-state index is 12.1. The lowest BCUT2D eigenvalue weighted by Gasteiger charge is -2.34. The molecule has 0 saturated carbocycles. The number of carbonyl (C=O) groups is 1. The number of hydrogen-bond acceptors (Lipinski definition) is 3. The Hall–Kier alpha value is -1.39. The van der Waals surface area contributed by atoms with Crippen LogP contribution in [0.1, 0.15) is 18.6 Å². The van der Waals surface area contributed by atoms with Crippen LogP contribution in [0.4, 0.5) is 0 Å². The Morgan fingerprint density at radius 3 is 2.83 bits per heavy atom. The summed E-state index contributed by atoms with van der Waals surface area (Å²) in [6.07, 6.45) is -0.00652. The number of nitrogens with one attached hydrogen (secondary N) is 1. The van der Waals surface area contributed by atoms with Crippen LogP contribution in [0.5, 0.6) is 0 Å². The predicted molar refractivity (Wildman–Crippen MR) is 70.2 cm³/mol. The molecule has 98 valence electrons. The molecule has 1 aliphatic heterocycles. The van der Waals surface area contributed by atoms with E-state index in [1.54, 1.807) is 7.05 Å². The molecule has 2 unspecified atom stereocenters. The standard InChI is InChI=1S/C14H20N2O2/c1-11(15-2)14(17)16-8-9-18-13(10-16)12-6-4-3-5-7-12/h3-7,11,13,15H,8-10H2,1-2H3. The van der Waals surface area contributed by atoms with Crippen molar-refractivity contribution in [3.05, 3.63) is 35.9 Å². The molecule has 4 nitrogen and oxygen atoms in total. The molecule has 1 saturated heterocycles. The maximum absolute atomic E-state index is 12.1. The Balaban J connectivity index is 2.03. The van der Waals surface area contributed by atoms with Gasteiger partial charge in [-0.05, 0) is 19.5 Å². The first-order valence-corrected chi connectivity index (χ1v) is 6.35. The zero-order valence-corrected chi connectivity index (χ0v) is 10.9. The molecule has 2 rings (SSSR count). The molecule has 0 aliphatic carbocycles. The van der Waals surface area contributed by atoms with E-state index in [0.717, 1.165) is 5.56 Å². The van der Waals surface area contributed by atoms with E-state index < -0.39 is 0 Å². The summed E-state index contributed by atoms with van der Waals surface area (Å²) in [5.41, 5.74) is 1.13. The average Bonchev–Trinajstić information content (AvgIpc) is 2.46. The van der Waals surface area contributed by atoms with Gasteiger partial charge in [0.15, 0.2) is 0 Å². The molecule has 4 heteroatoms. The van der Waals surface area contributed by atoms with Gasteiger partial charge in [0, 0.05) is 6.54 Å². The highest BCUT2D eigenvalue weighted by Crippen LogP contribution is 2.22. The van der Waals surface area contributed by atoms with Gasteiger partial charge in [-0.15, -0.1) is 0 Å². The van der Waals surface area contributed by atoms with Crippen molar-refractivity contribution in [2.75, 3.05) is 26.7 Å². The summed E-state index contributed by atoms with van der Waals surface area (Å²) in [4.78, 5) is 14.0. The van der Waals surface area contributed by atoms with E-state index in [1.165, 1.54) is 0 Å². The van der Waals surface area contributed by atoms with Crippen molar-refractivity contribution in [1.29, 1.82) is 0 Å². The molecule has 1 aliphatic rings. The van der Waals surface area contributed by atoms with Crippen molar-refractivity contribution in [3.8, 4) is 0 Å². The molecule has 18 heavy (non-hydrogen) atoms.